The van der Waals surface area contributed by atoms with Crippen molar-refractivity contribution in [1.82, 2.24) is 0 Å². The molecule has 0 spiro atoms. The van der Waals surface area contributed by atoms with Crippen molar-refractivity contribution in [3.05, 3.63) is 70.7 Å². The number of benzene rings is 2. The predicted molar refractivity (Wildman–Crippen MR) is 80.7 cm³/mol. The Hall–Kier alpha value is -1.80. The Morgan fingerprint density at radius 2 is 1.90 bits per heavy atom. The van der Waals surface area contributed by atoms with Crippen molar-refractivity contribution in [3.63, 3.8) is 0 Å². The fourth-order valence-electron chi connectivity index (χ4n) is 1.98. The van der Waals surface area contributed by atoms with Crippen LogP contribution in [-0.2, 0) is 16.1 Å². The highest BCUT2D eigenvalue weighted by Gasteiger charge is 2.12. The second-order valence-electron chi connectivity index (χ2n) is 4.81. The molecule has 2 aromatic carbocycles. The van der Waals surface area contributed by atoms with Gasteiger partial charge in [-0.25, -0.2) is 0 Å². The molecule has 1 atom stereocenters. The van der Waals surface area contributed by atoms with Gasteiger partial charge in [0.05, 0.1) is 6.42 Å². The summed E-state index contributed by atoms with van der Waals surface area (Å²) in [6.45, 7) is 2.32. The highest BCUT2D eigenvalue weighted by molar-refractivity contribution is 6.30. The van der Waals surface area contributed by atoms with Gasteiger partial charge >= 0.3 is 5.97 Å². The second-order valence-corrected chi connectivity index (χ2v) is 5.24. The van der Waals surface area contributed by atoms with Crippen LogP contribution in [0, 0.1) is 0 Å². The van der Waals surface area contributed by atoms with E-state index in [0.717, 1.165) is 11.1 Å². The molecule has 0 unspecified atom stereocenters. The summed E-state index contributed by atoms with van der Waals surface area (Å²) in [4.78, 5) is 11.8. The molecule has 2 aromatic rings. The van der Waals surface area contributed by atoms with Gasteiger partial charge in [0.2, 0.25) is 0 Å². The van der Waals surface area contributed by atoms with Gasteiger partial charge in [-0.15, -0.1) is 0 Å². The molecule has 20 heavy (non-hydrogen) atoms. The summed E-state index contributed by atoms with van der Waals surface area (Å²) in [6, 6.07) is 17.2. The lowest BCUT2D eigenvalue weighted by molar-refractivity contribution is -0.145. The molecule has 2 nitrogen and oxygen atoms in total. The zero-order valence-corrected chi connectivity index (χ0v) is 12.1. The van der Waals surface area contributed by atoms with Gasteiger partial charge in [0.1, 0.15) is 6.61 Å². The quantitative estimate of drug-likeness (QED) is 0.753. The smallest absolute Gasteiger partial charge is 0.306 e. The number of halogens is 1. The zero-order valence-electron chi connectivity index (χ0n) is 11.4. The number of carbonyl (C=O) groups is 1. The van der Waals surface area contributed by atoms with Crippen LogP contribution in [0.4, 0.5) is 0 Å². The van der Waals surface area contributed by atoms with Crippen LogP contribution in [0.2, 0.25) is 5.02 Å². The van der Waals surface area contributed by atoms with Crippen LogP contribution in [0.15, 0.2) is 54.6 Å². The van der Waals surface area contributed by atoms with Crippen LogP contribution < -0.4 is 0 Å². The van der Waals surface area contributed by atoms with Crippen molar-refractivity contribution in [2.75, 3.05) is 0 Å². The van der Waals surface area contributed by atoms with Gasteiger partial charge in [-0.05, 0) is 29.2 Å². The average Bonchev–Trinajstić information content (AvgIpc) is 2.46. The van der Waals surface area contributed by atoms with Crippen LogP contribution in [0.3, 0.4) is 0 Å². The minimum absolute atomic E-state index is 0.0944. The number of rotatable bonds is 5. The van der Waals surface area contributed by atoms with E-state index in [-0.39, 0.29) is 11.9 Å². The van der Waals surface area contributed by atoms with Crippen LogP contribution in [0.1, 0.15) is 30.4 Å². The molecule has 0 aliphatic carbocycles. The average molecular weight is 289 g/mol. The highest BCUT2D eigenvalue weighted by atomic mass is 35.5. The van der Waals surface area contributed by atoms with Crippen LogP contribution >= 0.6 is 11.6 Å². The number of esters is 1. The first kappa shape index (κ1) is 14.6. The Morgan fingerprint density at radius 1 is 1.15 bits per heavy atom. The topological polar surface area (TPSA) is 26.3 Å². The molecule has 0 saturated carbocycles. The molecule has 0 aliphatic rings. The van der Waals surface area contributed by atoms with E-state index in [0.29, 0.717) is 18.1 Å². The molecule has 0 bridgehead atoms. The lowest BCUT2D eigenvalue weighted by Crippen LogP contribution is -2.08. The van der Waals surface area contributed by atoms with Crippen LogP contribution in [0.5, 0.6) is 0 Å². The lowest BCUT2D eigenvalue weighted by Gasteiger charge is -2.12. The summed E-state index contributed by atoms with van der Waals surface area (Å²) < 4.78 is 5.28. The van der Waals surface area contributed by atoms with E-state index in [4.69, 9.17) is 16.3 Å². The third-order valence-corrected chi connectivity index (χ3v) is 3.37. The van der Waals surface area contributed by atoms with E-state index in [2.05, 4.69) is 0 Å². The van der Waals surface area contributed by atoms with Crippen LogP contribution in [-0.4, -0.2) is 5.97 Å². The summed E-state index contributed by atoms with van der Waals surface area (Å²) in [5.41, 5.74) is 2.05. The standard InChI is InChI=1S/C17H17ClO2/c1-13(15-8-5-9-16(18)11-15)10-17(19)20-12-14-6-3-2-4-7-14/h2-9,11,13H,10,12H2,1H3/t13-/m0/s1. The molecule has 0 saturated heterocycles. The Bertz CT molecular complexity index is 566. The molecule has 0 heterocycles. The maximum atomic E-state index is 11.8. The van der Waals surface area contributed by atoms with Gasteiger partial charge < -0.3 is 4.74 Å². The predicted octanol–water partition coefficient (Wildman–Crippen LogP) is 4.58. The highest BCUT2D eigenvalue weighted by Crippen LogP contribution is 2.22. The van der Waals surface area contributed by atoms with E-state index in [1.165, 1.54) is 0 Å². The first-order valence-electron chi connectivity index (χ1n) is 6.60. The fraction of sp³-hybridized carbons (Fsp3) is 0.235. The molecule has 0 fully saturated rings. The normalized spacial score (nSPS) is 11.9. The molecule has 0 aliphatic heterocycles. The van der Waals surface area contributed by atoms with Gasteiger partial charge in [0.15, 0.2) is 0 Å². The van der Waals surface area contributed by atoms with E-state index in [1.807, 2.05) is 61.5 Å². The minimum Gasteiger partial charge on any atom is -0.461 e. The molecule has 0 amide bonds. The van der Waals surface area contributed by atoms with Gasteiger partial charge in [-0.3, -0.25) is 4.79 Å². The molecular formula is C17H17ClO2. The monoisotopic (exact) mass is 288 g/mol. The van der Waals surface area contributed by atoms with E-state index in [9.17, 15) is 4.79 Å². The van der Waals surface area contributed by atoms with Gasteiger partial charge in [0, 0.05) is 5.02 Å². The van der Waals surface area contributed by atoms with Crippen molar-refractivity contribution in [1.29, 1.82) is 0 Å². The molecule has 104 valence electrons. The Kier molecular flexibility index (Phi) is 5.19. The van der Waals surface area contributed by atoms with Crippen molar-refractivity contribution in [2.24, 2.45) is 0 Å². The maximum Gasteiger partial charge on any atom is 0.306 e. The largest absolute Gasteiger partial charge is 0.461 e. The third kappa shape index (κ3) is 4.39. The Morgan fingerprint density at radius 3 is 2.60 bits per heavy atom. The molecule has 0 aromatic heterocycles. The SMILES string of the molecule is C[C@@H](CC(=O)OCc1ccccc1)c1cccc(Cl)c1. The van der Waals surface area contributed by atoms with Gasteiger partial charge in [-0.1, -0.05) is 61.0 Å². The van der Waals surface area contributed by atoms with Crippen molar-refractivity contribution in [2.45, 2.75) is 25.9 Å². The first-order chi connectivity index (χ1) is 9.65. The summed E-state index contributed by atoms with van der Waals surface area (Å²) in [7, 11) is 0. The van der Waals surface area contributed by atoms with E-state index < -0.39 is 0 Å². The van der Waals surface area contributed by atoms with Crippen molar-refractivity contribution in [3.8, 4) is 0 Å². The number of carbonyl (C=O) groups excluding carboxylic acids is 1. The fourth-order valence-corrected chi connectivity index (χ4v) is 2.18. The molecule has 0 radical (unpaired) electrons. The molecular weight excluding hydrogens is 272 g/mol. The molecule has 0 N–H and O–H groups in total. The Labute approximate surface area is 124 Å². The van der Waals surface area contributed by atoms with E-state index >= 15 is 0 Å². The number of hydrogen-bond donors (Lipinski definition) is 0. The van der Waals surface area contributed by atoms with Crippen LogP contribution in [0.25, 0.3) is 0 Å². The minimum atomic E-state index is -0.193. The third-order valence-electron chi connectivity index (χ3n) is 3.13. The first-order valence-corrected chi connectivity index (χ1v) is 6.98. The van der Waals surface area contributed by atoms with Gasteiger partial charge in [0.25, 0.3) is 0 Å². The zero-order chi connectivity index (χ0) is 14.4. The van der Waals surface area contributed by atoms with E-state index in [1.54, 1.807) is 0 Å². The Balaban J connectivity index is 1.85. The summed E-state index contributed by atoms with van der Waals surface area (Å²) in [5.74, 6) is -0.0988. The number of ether oxygens (including phenoxy) is 1. The van der Waals surface area contributed by atoms with Crippen molar-refractivity contribution >= 4 is 17.6 Å². The second kappa shape index (κ2) is 7.11. The summed E-state index contributed by atoms with van der Waals surface area (Å²) in [5, 5.41) is 0.687. The molecule has 3 heteroatoms. The summed E-state index contributed by atoms with van der Waals surface area (Å²) in [6.07, 6.45) is 0.354. The maximum absolute atomic E-state index is 11.8. The number of hydrogen-bond acceptors (Lipinski definition) is 2. The lowest BCUT2D eigenvalue weighted by atomic mass is 9.98. The van der Waals surface area contributed by atoms with Gasteiger partial charge in [-0.2, -0.15) is 0 Å². The van der Waals surface area contributed by atoms with Crippen molar-refractivity contribution < 1.29 is 9.53 Å². The molecule has 2 rings (SSSR count). The summed E-state index contributed by atoms with van der Waals surface area (Å²) >= 11 is 5.95.